The fraction of sp³-hybridized carbons (Fsp3) is 0.125. The molecule has 0 saturated heterocycles. The Balaban J connectivity index is 1.46. The molecular formula is C32H28N4O2. The van der Waals surface area contributed by atoms with Crippen molar-refractivity contribution in [3.05, 3.63) is 141 Å². The fourth-order valence-corrected chi connectivity index (χ4v) is 5.17. The summed E-state index contributed by atoms with van der Waals surface area (Å²) < 4.78 is 5.20. The molecule has 6 rings (SSSR count). The zero-order valence-electron chi connectivity index (χ0n) is 21.2. The highest BCUT2D eigenvalue weighted by Gasteiger charge is 2.15. The summed E-state index contributed by atoms with van der Waals surface area (Å²) in [6.07, 6.45) is 1.64. The second-order valence-corrected chi connectivity index (χ2v) is 9.43. The molecule has 1 N–H and O–H groups in total. The van der Waals surface area contributed by atoms with E-state index in [2.05, 4.69) is 47.1 Å². The van der Waals surface area contributed by atoms with E-state index in [0.717, 1.165) is 34.3 Å². The molecule has 188 valence electrons. The van der Waals surface area contributed by atoms with Crippen LogP contribution in [-0.4, -0.2) is 13.7 Å². The molecule has 0 atom stereocenters. The van der Waals surface area contributed by atoms with Gasteiger partial charge in [0.15, 0.2) is 0 Å². The molecule has 2 heterocycles. The van der Waals surface area contributed by atoms with Gasteiger partial charge in [0.05, 0.1) is 13.1 Å². The van der Waals surface area contributed by atoms with Gasteiger partial charge in [-0.3, -0.25) is 13.9 Å². The normalized spacial score (nSPS) is 11.3. The van der Waals surface area contributed by atoms with Crippen LogP contribution in [0.3, 0.4) is 0 Å². The van der Waals surface area contributed by atoms with E-state index in [0.29, 0.717) is 12.2 Å². The molecule has 6 heteroatoms. The maximum atomic E-state index is 13.6. The Morgan fingerprint density at radius 2 is 1.29 bits per heavy atom. The second-order valence-electron chi connectivity index (χ2n) is 9.43. The highest BCUT2D eigenvalue weighted by Crippen LogP contribution is 2.31. The molecule has 0 aliphatic rings. The van der Waals surface area contributed by atoms with Crippen molar-refractivity contribution in [3.8, 4) is 0 Å². The Morgan fingerprint density at radius 1 is 0.658 bits per heavy atom. The molecule has 0 radical (unpaired) electrons. The van der Waals surface area contributed by atoms with Crippen LogP contribution in [0.2, 0.25) is 0 Å². The lowest BCUT2D eigenvalue weighted by atomic mass is 10.1. The number of nitrogens with one attached hydrogen (secondary N) is 1. The van der Waals surface area contributed by atoms with Crippen LogP contribution in [0.15, 0.2) is 119 Å². The number of hydrogen-bond donors (Lipinski definition) is 1. The maximum Gasteiger partial charge on any atom is 0.331 e. The fourth-order valence-electron chi connectivity index (χ4n) is 5.17. The van der Waals surface area contributed by atoms with Gasteiger partial charge in [-0.15, -0.1) is 0 Å². The van der Waals surface area contributed by atoms with Gasteiger partial charge >= 0.3 is 5.69 Å². The molecule has 4 aromatic carbocycles. The standard InChI is InChI=1S/C32H28N4O2/c1-2-35-29-16-10-9-15-26(29)27-19-25(17-18-30(27)35)33-28-22-34(20-23-11-5-3-6-12-23)32(38)36(31(28)37)21-24-13-7-4-8-14-24/h3-19,22,33H,2,20-21H2,1H3. The molecule has 38 heavy (non-hydrogen) atoms. The Morgan fingerprint density at radius 3 is 2.00 bits per heavy atom. The van der Waals surface area contributed by atoms with Crippen molar-refractivity contribution < 1.29 is 0 Å². The van der Waals surface area contributed by atoms with E-state index in [1.54, 1.807) is 10.8 Å². The van der Waals surface area contributed by atoms with Crippen LogP contribution in [0, 0.1) is 0 Å². The summed E-state index contributed by atoms with van der Waals surface area (Å²) in [7, 11) is 0. The van der Waals surface area contributed by atoms with Crippen LogP contribution in [-0.2, 0) is 19.6 Å². The first kappa shape index (κ1) is 23.6. The number of para-hydroxylation sites is 1. The third kappa shape index (κ3) is 4.30. The Hall–Kier alpha value is -4.84. The summed E-state index contributed by atoms with van der Waals surface area (Å²) in [5, 5.41) is 5.62. The van der Waals surface area contributed by atoms with Gasteiger partial charge in [0.25, 0.3) is 5.56 Å². The number of aromatic nitrogens is 3. The predicted octanol–water partition coefficient (Wildman–Crippen LogP) is 5.98. The summed E-state index contributed by atoms with van der Waals surface area (Å²) in [5.41, 5.74) is 4.68. The molecular weight excluding hydrogens is 472 g/mol. The maximum absolute atomic E-state index is 13.6. The molecule has 0 aliphatic carbocycles. The summed E-state index contributed by atoms with van der Waals surface area (Å²) in [5.74, 6) is 0. The first-order valence-corrected chi connectivity index (χ1v) is 12.8. The minimum absolute atomic E-state index is 0.200. The van der Waals surface area contributed by atoms with Crippen LogP contribution in [0.5, 0.6) is 0 Å². The van der Waals surface area contributed by atoms with Crippen LogP contribution in [0.1, 0.15) is 18.1 Å². The number of anilines is 2. The first-order valence-electron chi connectivity index (χ1n) is 12.8. The summed E-state index contributed by atoms with van der Waals surface area (Å²) >= 11 is 0. The van der Waals surface area contributed by atoms with Gasteiger partial charge in [-0.05, 0) is 42.3 Å². The van der Waals surface area contributed by atoms with E-state index in [9.17, 15) is 9.59 Å². The predicted molar refractivity (Wildman–Crippen MR) is 154 cm³/mol. The third-order valence-electron chi connectivity index (χ3n) is 6.98. The minimum Gasteiger partial charge on any atom is -0.350 e. The van der Waals surface area contributed by atoms with Gasteiger partial charge in [-0.1, -0.05) is 78.9 Å². The Labute approximate surface area is 220 Å². The molecule has 0 amide bonds. The van der Waals surface area contributed by atoms with Crippen molar-refractivity contribution in [1.29, 1.82) is 0 Å². The number of fused-ring (bicyclic) bond motifs is 3. The van der Waals surface area contributed by atoms with Crippen molar-refractivity contribution in [2.75, 3.05) is 5.32 Å². The summed E-state index contributed by atoms with van der Waals surface area (Å²) in [4.78, 5) is 27.1. The van der Waals surface area contributed by atoms with E-state index >= 15 is 0 Å². The average molecular weight is 501 g/mol. The van der Waals surface area contributed by atoms with E-state index < -0.39 is 0 Å². The molecule has 0 fully saturated rings. The van der Waals surface area contributed by atoms with Crippen LogP contribution < -0.4 is 16.6 Å². The van der Waals surface area contributed by atoms with Gasteiger partial charge in [-0.25, -0.2) is 4.79 Å². The lowest BCUT2D eigenvalue weighted by molar-refractivity contribution is 0.615. The molecule has 0 saturated carbocycles. The van der Waals surface area contributed by atoms with Crippen LogP contribution >= 0.6 is 0 Å². The van der Waals surface area contributed by atoms with Gasteiger partial charge in [0, 0.05) is 40.2 Å². The zero-order valence-corrected chi connectivity index (χ0v) is 21.2. The average Bonchev–Trinajstić information content (AvgIpc) is 3.28. The smallest absolute Gasteiger partial charge is 0.331 e. The molecule has 0 bridgehead atoms. The molecule has 0 spiro atoms. The molecule has 6 nitrogen and oxygen atoms in total. The molecule has 0 unspecified atom stereocenters. The summed E-state index contributed by atoms with van der Waals surface area (Å²) in [6.45, 7) is 3.58. The van der Waals surface area contributed by atoms with E-state index in [1.807, 2.05) is 72.8 Å². The highest BCUT2D eigenvalue weighted by molar-refractivity contribution is 6.09. The number of nitrogens with zero attached hydrogens (tertiary/aromatic N) is 3. The summed E-state index contributed by atoms with van der Waals surface area (Å²) in [6, 6.07) is 33.9. The van der Waals surface area contributed by atoms with E-state index in [-0.39, 0.29) is 17.8 Å². The topological polar surface area (TPSA) is 61.0 Å². The number of rotatable bonds is 7. The van der Waals surface area contributed by atoms with Crippen molar-refractivity contribution in [3.63, 3.8) is 0 Å². The van der Waals surface area contributed by atoms with E-state index in [4.69, 9.17) is 0 Å². The Kier molecular flexibility index (Phi) is 6.14. The molecule has 2 aromatic heterocycles. The third-order valence-corrected chi connectivity index (χ3v) is 6.98. The van der Waals surface area contributed by atoms with Crippen LogP contribution in [0.25, 0.3) is 21.8 Å². The van der Waals surface area contributed by atoms with Crippen molar-refractivity contribution in [2.24, 2.45) is 0 Å². The Bertz CT molecular complexity index is 1870. The van der Waals surface area contributed by atoms with Crippen molar-refractivity contribution in [2.45, 2.75) is 26.6 Å². The first-order chi connectivity index (χ1) is 18.6. The molecule has 6 aromatic rings. The van der Waals surface area contributed by atoms with Crippen molar-refractivity contribution in [1.82, 2.24) is 13.7 Å². The largest absolute Gasteiger partial charge is 0.350 e. The molecule has 0 aliphatic heterocycles. The lowest BCUT2D eigenvalue weighted by Gasteiger charge is -2.15. The zero-order chi connectivity index (χ0) is 26.1. The van der Waals surface area contributed by atoms with Gasteiger partial charge < -0.3 is 9.88 Å². The minimum atomic E-state index is -0.348. The van der Waals surface area contributed by atoms with Gasteiger partial charge in [0.1, 0.15) is 5.69 Å². The van der Waals surface area contributed by atoms with E-state index in [1.165, 1.54) is 15.5 Å². The van der Waals surface area contributed by atoms with Crippen molar-refractivity contribution >= 4 is 33.2 Å². The number of aryl methyl sites for hydroxylation is 1. The van der Waals surface area contributed by atoms with Gasteiger partial charge in [-0.2, -0.15) is 0 Å². The highest BCUT2D eigenvalue weighted by atomic mass is 16.2. The SMILES string of the molecule is CCn1c2ccccc2c2cc(Nc3cn(Cc4ccccc4)c(=O)n(Cc4ccccc4)c3=O)ccc21. The van der Waals surface area contributed by atoms with Crippen LogP contribution in [0.4, 0.5) is 11.4 Å². The second kappa shape index (κ2) is 9.90. The monoisotopic (exact) mass is 500 g/mol. The number of hydrogen-bond acceptors (Lipinski definition) is 3. The quantitative estimate of drug-likeness (QED) is 0.293. The number of benzene rings is 4. The van der Waals surface area contributed by atoms with Gasteiger partial charge in [0.2, 0.25) is 0 Å². The lowest BCUT2D eigenvalue weighted by Crippen LogP contribution is -2.40.